The van der Waals surface area contributed by atoms with E-state index in [1.807, 2.05) is 0 Å². The van der Waals surface area contributed by atoms with E-state index in [1.54, 1.807) is 6.07 Å². The number of hydrogen-bond donors (Lipinski definition) is 2. The van der Waals surface area contributed by atoms with E-state index in [2.05, 4.69) is 11.4 Å². The molecule has 0 aromatic heterocycles. The van der Waals surface area contributed by atoms with Crippen LogP contribution < -0.4 is 15.8 Å². The van der Waals surface area contributed by atoms with Gasteiger partial charge in [-0.15, -0.1) is 0 Å². The largest absolute Gasteiger partial charge is 0.494 e. The summed E-state index contributed by atoms with van der Waals surface area (Å²) in [7, 11) is 1.45. The number of halogens is 1. The Morgan fingerprint density at radius 1 is 1.37 bits per heavy atom. The first kappa shape index (κ1) is 13.7. The number of anilines is 2. The van der Waals surface area contributed by atoms with Crippen molar-refractivity contribution >= 4 is 11.4 Å². The van der Waals surface area contributed by atoms with Crippen LogP contribution in [0.2, 0.25) is 0 Å². The zero-order valence-electron chi connectivity index (χ0n) is 11.3. The van der Waals surface area contributed by atoms with E-state index in [4.69, 9.17) is 10.5 Å². The number of allylic oxidation sites excluding steroid dienone is 1. The van der Waals surface area contributed by atoms with E-state index in [0.29, 0.717) is 5.69 Å². The Kier molecular flexibility index (Phi) is 4.66. The Bertz CT molecular complexity index is 471. The van der Waals surface area contributed by atoms with Crippen LogP contribution in [0.5, 0.6) is 5.75 Å². The van der Waals surface area contributed by atoms with Crippen molar-refractivity contribution in [3.05, 3.63) is 29.6 Å². The number of rotatable bonds is 5. The summed E-state index contributed by atoms with van der Waals surface area (Å²) < 4.78 is 18.4. The Morgan fingerprint density at radius 3 is 2.89 bits per heavy atom. The second kappa shape index (κ2) is 6.45. The molecule has 1 aromatic rings. The van der Waals surface area contributed by atoms with E-state index in [9.17, 15) is 4.39 Å². The molecule has 19 heavy (non-hydrogen) atoms. The molecule has 0 radical (unpaired) electrons. The summed E-state index contributed by atoms with van der Waals surface area (Å²) in [6.07, 6.45) is 8.34. The predicted octanol–water partition coefficient (Wildman–Crippen LogP) is 3.72. The van der Waals surface area contributed by atoms with Gasteiger partial charge in [-0.3, -0.25) is 0 Å². The van der Waals surface area contributed by atoms with Crippen molar-refractivity contribution in [2.24, 2.45) is 0 Å². The van der Waals surface area contributed by atoms with Gasteiger partial charge in [-0.2, -0.15) is 0 Å². The van der Waals surface area contributed by atoms with Gasteiger partial charge in [-0.1, -0.05) is 11.6 Å². The molecule has 0 heterocycles. The van der Waals surface area contributed by atoms with Gasteiger partial charge in [0.2, 0.25) is 0 Å². The van der Waals surface area contributed by atoms with Gasteiger partial charge in [-0.05, 0) is 32.1 Å². The Morgan fingerprint density at radius 2 is 2.21 bits per heavy atom. The lowest BCUT2D eigenvalue weighted by molar-refractivity contribution is 0.387. The van der Waals surface area contributed by atoms with Crippen LogP contribution >= 0.6 is 0 Å². The predicted molar refractivity (Wildman–Crippen MR) is 77.0 cm³/mol. The molecule has 0 fully saturated rings. The third kappa shape index (κ3) is 3.63. The van der Waals surface area contributed by atoms with Gasteiger partial charge in [0.05, 0.1) is 18.5 Å². The van der Waals surface area contributed by atoms with Crippen LogP contribution in [0.1, 0.15) is 32.1 Å². The van der Waals surface area contributed by atoms with E-state index < -0.39 is 5.82 Å². The highest BCUT2D eigenvalue weighted by Crippen LogP contribution is 2.28. The lowest BCUT2D eigenvalue weighted by Crippen LogP contribution is -2.07. The smallest absolute Gasteiger partial charge is 0.167 e. The molecule has 0 unspecified atom stereocenters. The summed E-state index contributed by atoms with van der Waals surface area (Å²) in [6.45, 7) is 0.810. The molecule has 1 aliphatic carbocycles. The lowest BCUT2D eigenvalue weighted by atomic mass is 9.97. The standard InChI is InChI=1S/C15H21FN2O/c1-19-15-10-14(13(17)9-12(15)16)18-8-7-11-5-3-2-4-6-11/h5,9-10,18H,2-4,6-8,17H2,1H3. The number of hydrogen-bond acceptors (Lipinski definition) is 3. The first-order valence-electron chi connectivity index (χ1n) is 6.75. The molecular weight excluding hydrogens is 243 g/mol. The molecule has 0 spiro atoms. The van der Waals surface area contributed by atoms with Crippen LogP contribution in [0.25, 0.3) is 0 Å². The van der Waals surface area contributed by atoms with Crippen molar-refractivity contribution in [2.45, 2.75) is 32.1 Å². The summed E-state index contributed by atoms with van der Waals surface area (Å²) in [5.41, 5.74) is 8.44. The molecule has 0 atom stereocenters. The van der Waals surface area contributed by atoms with Crippen molar-refractivity contribution in [1.82, 2.24) is 0 Å². The number of benzene rings is 1. The molecule has 1 aliphatic rings. The Balaban J connectivity index is 1.93. The molecule has 0 saturated heterocycles. The SMILES string of the molecule is COc1cc(NCCC2=CCCCC2)c(N)cc1F. The highest BCUT2D eigenvalue weighted by Gasteiger charge is 2.08. The second-order valence-corrected chi connectivity index (χ2v) is 4.86. The topological polar surface area (TPSA) is 47.3 Å². The minimum atomic E-state index is -0.430. The Hall–Kier alpha value is -1.71. The number of methoxy groups -OCH3 is 1. The third-order valence-electron chi connectivity index (χ3n) is 3.47. The summed E-state index contributed by atoms with van der Waals surface area (Å²) in [6, 6.07) is 2.90. The van der Waals surface area contributed by atoms with Crippen LogP contribution in [-0.2, 0) is 0 Å². The number of nitrogens with one attached hydrogen (secondary N) is 1. The van der Waals surface area contributed by atoms with E-state index in [1.165, 1.54) is 44.4 Å². The molecule has 1 aromatic carbocycles. The highest BCUT2D eigenvalue weighted by atomic mass is 19.1. The lowest BCUT2D eigenvalue weighted by Gasteiger charge is -2.15. The fourth-order valence-corrected chi connectivity index (χ4v) is 2.37. The molecule has 3 N–H and O–H groups in total. The number of nitrogen functional groups attached to an aromatic ring is 1. The molecule has 0 amide bonds. The quantitative estimate of drug-likeness (QED) is 0.629. The average molecular weight is 264 g/mol. The number of ether oxygens (including phenoxy) is 1. The van der Waals surface area contributed by atoms with Gasteiger partial charge in [0.15, 0.2) is 11.6 Å². The van der Waals surface area contributed by atoms with E-state index in [-0.39, 0.29) is 5.75 Å². The first-order chi connectivity index (χ1) is 9.20. The zero-order chi connectivity index (χ0) is 13.7. The van der Waals surface area contributed by atoms with E-state index in [0.717, 1.165) is 18.7 Å². The number of nitrogens with two attached hydrogens (primary N) is 1. The highest BCUT2D eigenvalue weighted by molar-refractivity contribution is 5.68. The van der Waals surface area contributed by atoms with Crippen LogP contribution in [0, 0.1) is 5.82 Å². The molecule has 4 heteroatoms. The molecule has 0 aliphatic heterocycles. The molecule has 0 saturated carbocycles. The molecular formula is C15H21FN2O. The van der Waals surface area contributed by atoms with Crippen molar-refractivity contribution in [2.75, 3.05) is 24.7 Å². The molecule has 104 valence electrons. The van der Waals surface area contributed by atoms with Gasteiger partial charge >= 0.3 is 0 Å². The van der Waals surface area contributed by atoms with E-state index >= 15 is 0 Å². The van der Waals surface area contributed by atoms with Gasteiger partial charge in [0.1, 0.15) is 0 Å². The van der Waals surface area contributed by atoms with Crippen molar-refractivity contribution < 1.29 is 9.13 Å². The van der Waals surface area contributed by atoms with Gasteiger partial charge in [0.25, 0.3) is 0 Å². The summed E-state index contributed by atoms with van der Waals surface area (Å²) in [5.74, 6) is -0.214. The van der Waals surface area contributed by atoms with Crippen LogP contribution in [0.4, 0.5) is 15.8 Å². The summed E-state index contributed by atoms with van der Waals surface area (Å²) in [4.78, 5) is 0. The van der Waals surface area contributed by atoms with Crippen LogP contribution in [0.3, 0.4) is 0 Å². The van der Waals surface area contributed by atoms with Gasteiger partial charge in [-0.25, -0.2) is 4.39 Å². The molecule has 3 nitrogen and oxygen atoms in total. The molecule has 0 bridgehead atoms. The Labute approximate surface area is 113 Å². The summed E-state index contributed by atoms with van der Waals surface area (Å²) in [5, 5.41) is 3.25. The molecule has 2 rings (SSSR count). The van der Waals surface area contributed by atoms with Gasteiger partial charge < -0.3 is 15.8 Å². The first-order valence-corrected chi connectivity index (χ1v) is 6.75. The van der Waals surface area contributed by atoms with Crippen molar-refractivity contribution in [1.29, 1.82) is 0 Å². The van der Waals surface area contributed by atoms with Crippen molar-refractivity contribution in [3.63, 3.8) is 0 Å². The summed E-state index contributed by atoms with van der Waals surface area (Å²) >= 11 is 0. The van der Waals surface area contributed by atoms with Crippen LogP contribution in [0.15, 0.2) is 23.8 Å². The monoisotopic (exact) mass is 264 g/mol. The normalized spacial score (nSPS) is 14.9. The van der Waals surface area contributed by atoms with Crippen LogP contribution in [-0.4, -0.2) is 13.7 Å². The maximum Gasteiger partial charge on any atom is 0.167 e. The fourth-order valence-electron chi connectivity index (χ4n) is 2.37. The third-order valence-corrected chi connectivity index (χ3v) is 3.47. The maximum absolute atomic E-state index is 13.4. The maximum atomic E-state index is 13.4. The second-order valence-electron chi connectivity index (χ2n) is 4.86. The fraction of sp³-hybridized carbons (Fsp3) is 0.467. The van der Waals surface area contributed by atoms with Gasteiger partial charge in [0, 0.05) is 18.7 Å². The minimum Gasteiger partial charge on any atom is -0.494 e. The van der Waals surface area contributed by atoms with Crippen molar-refractivity contribution in [3.8, 4) is 5.75 Å². The minimum absolute atomic E-state index is 0.216. The average Bonchev–Trinajstić information content (AvgIpc) is 2.42. The zero-order valence-corrected chi connectivity index (χ0v) is 11.3.